The Morgan fingerprint density at radius 1 is 1.23 bits per heavy atom. The zero-order chi connectivity index (χ0) is 21.5. The molecule has 0 spiro atoms. The molecule has 1 amide bonds. The summed E-state index contributed by atoms with van der Waals surface area (Å²) in [4.78, 5) is 16.8. The molecule has 0 bridgehead atoms. The van der Waals surface area contributed by atoms with E-state index in [1.165, 1.54) is 0 Å². The number of amides is 1. The lowest BCUT2D eigenvalue weighted by molar-refractivity contribution is -0.118. The summed E-state index contributed by atoms with van der Waals surface area (Å²) in [6, 6.07) is 15.8. The van der Waals surface area contributed by atoms with E-state index in [9.17, 15) is 4.79 Å². The molecule has 0 aliphatic heterocycles. The van der Waals surface area contributed by atoms with Crippen molar-refractivity contribution in [1.29, 1.82) is 0 Å². The van der Waals surface area contributed by atoms with Crippen LogP contribution in [-0.2, 0) is 17.8 Å². The van der Waals surface area contributed by atoms with Crippen molar-refractivity contribution in [1.82, 2.24) is 14.9 Å². The number of para-hydroxylation sites is 3. The van der Waals surface area contributed by atoms with Crippen LogP contribution in [-0.4, -0.2) is 22.1 Å². The Labute approximate surface area is 178 Å². The fourth-order valence-corrected chi connectivity index (χ4v) is 3.42. The van der Waals surface area contributed by atoms with E-state index in [1.807, 2.05) is 49.4 Å². The smallest absolute Gasteiger partial charge is 0.246 e. The molecule has 0 saturated carbocycles. The molecule has 30 heavy (non-hydrogen) atoms. The van der Waals surface area contributed by atoms with Crippen LogP contribution >= 0.6 is 0 Å². The maximum Gasteiger partial charge on any atom is 0.246 e. The fraction of sp³-hybridized carbons (Fsp3) is 0.280. The van der Waals surface area contributed by atoms with Gasteiger partial charge in [-0.2, -0.15) is 0 Å². The zero-order valence-electron chi connectivity index (χ0n) is 17.7. The van der Waals surface area contributed by atoms with E-state index in [0.29, 0.717) is 12.2 Å². The average Bonchev–Trinajstić information content (AvgIpc) is 3.11. The molecule has 1 aromatic heterocycles. The first-order chi connectivity index (χ1) is 14.5. The second kappa shape index (κ2) is 9.92. The summed E-state index contributed by atoms with van der Waals surface area (Å²) in [5.74, 6) is 1.57. The van der Waals surface area contributed by atoms with Gasteiger partial charge in [0, 0.05) is 12.1 Å². The van der Waals surface area contributed by atoms with E-state index < -0.39 is 0 Å². The molecule has 1 atom stereocenters. The van der Waals surface area contributed by atoms with Crippen molar-refractivity contribution in [3.8, 4) is 5.75 Å². The van der Waals surface area contributed by atoms with Crippen molar-refractivity contribution in [3.05, 3.63) is 84.7 Å². The van der Waals surface area contributed by atoms with E-state index in [1.54, 1.807) is 6.92 Å². The van der Waals surface area contributed by atoms with Gasteiger partial charge in [-0.1, -0.05) is 43.0 Å². The molecule has 5 nitrogen and oxygen atoms in total. The second-order valence-corrected chi connectivity index (χ2v) is 7.39. The summed E-state index contributed by atoms with van der Waals surface area (Å²) in [5, 5.41) is 2.97. The summed E-state index contributed by atoms with van der Waals surface area (Å²) in [7, 11) is 0. The van der Waals surface area contributed by atoms with Gasteiger partial charge in [0.2, 0.25) is 5.91 Å². The number of rotatable bonds is 10. The molecule has 0 aliphatic carbocycles. The number of ether oxygens (including phenoxy) is 1. The standard InChI is InChI=1S/C25H29N3O2/c1-5-11-20-12-6-9-15-23(20)30-17-10-16-28-22-14-8-7-13-21(22)27-24(28)19(4)26-25(29)18(2)3/h5-9,12-15,19H,1-2,10-11,16-17H2,3-4H3,(H,26,29). The van der Waals surface area contributed by atoms with Gasteiger partial charge in [0.25, 0.3) is 0 Å². The van der Waals surface area contributed by atoms with Crippen LogP contribution in [0.15, 0.2) is 73.3 Å². The summed E-state index contributed by atoms with van der Waals surface area (Å²) >= 11 is 0. The number of benzene rings is 2. The fourth-order valence-electron chi connectivity index (χ4n) is 3.42. The number of nitrogens with zero attached hydrogens (tertiary/aromatic N) is 2. The third-order valence-corrected chi connectivity index (χ3v) is 4.93. The Morgan fingerprint density at radius 3 is 2.73 bits per heavy atom. The molecule has 3 aromatic rings. The molecular formula is C25H29N3O2. The van der Waals surface area contributed by atoms with E-state index in [-0.39, 0.29) is 11.9 Å². The number of aromatic nitrogens is 2. The lowest BCUT2D eigenvalue weighted by Gasteiger charge is -2.17. The van der Waals surface area contributed by atoms with Crippen LogP contribution < -0.4 is 10.1 Å². The Balaban J connectivity index is 1.73. The molecule has 0 aliphatic rings. The second-order valence-electron chi connectivity index (χ2n) is 7.39. The van der Waals surface area contributed by atoms with Gasteiger partial charge < -0.3 is 14.6 Å². The number of carbonyl (C=O) groups is 1. The molecule has 5 heteroatoms. The minimum absolute atomic E-state index is 0.164. The predicted molar refractivity (Wildman–Crippen MR) is 122 cm³/mol. The molecule has 0 radical (unpaired) electrons. The van der Waals surface area contributed by atoms with E-state index in [4.69, 9.17) is 9.72 Å². The minimum atomic E-state index is -0.226. The predicted octanol–water partition coefficient (Wildman–Crippen LogP) is 4.99. The third-order valence-electron chi connectivity index (χ3n) is 4.93. The van der Waals surface area contributed by atoms with Gasteiger partial charge >= 0.3 is 0 Å². The molecule has 2 aromatic carbocycles. The number of nitrogens with one attached hydrogen (secondary N) is 1. The summed E-state index contributed by atoms with van der Waals surface area (Å²) in [5.41, 5.74) is 3.59. The van der Waals surface area contributed by atoms with Crippen molar-refractivity contribution in [2.75, 3.05) is 6.61 Å². The SMILES string of the molecule is C=CCc1ccccc1OCCCn1c(C(C)NC(=O)C(=C)C)nc2ccccc21. The Kier molecular flexibility index (Phi) is 7.07. The van der Waals surface area contributed by atoms with Crippen molar-refractivity contribution in [2.24, 2.45) is 0 Å². The summed E-state index contributed by atoms with van der Waals surface area (Å²) in [6.07, 6.45) is 3.48. The third kappa shape index (κ3) is 4.98. The lowest BCUT2D eigenvalue weighted by Crippen LogP contribution is -2.29. The monoisotopic (exact) mass is 403 g/mol. The molecule has 0 saturated heterocycles. The first-order valence-electron chi connectivity index (χ1n) is 10.2. The molecule has 3 rings (SSSR count). The van der Waals surface area contributed by atoms with Crippen LogP contribution in [0.25, 0.3) is 11.0 Å². The number of aryl methyl sites for hydroxylation is 1. The molecule has 1 N–H and O–H groups in total. The van der Waals surface area contributed by atoms with Crippen molar-refractivity contribution in [2.45, 2.75) is 39.3 Å². The van der Waals surface area contributed by atoms with Gasteiger partial charge in [-0.05, 0) is 50.5 Å². The largest absolute Gasteiger partial charge is 0.493 e. The molecular weight excluding hydrogens is 374 g/mol. The van der Waals surface area contributed by atoms with E-state index in [2.05, 4.69) is 35.2 Å². The van der Waals surface area contributed by atoms with Gasteiger partial charge in [-0.3, -0.25) is 4.79 Å². The number of imidazole rings is 1. The number of hydrogen-bond donors (Lipinski definition) is 1. The van der Waals surface area contributed by atoms with Gasteiger partial charge in [0.05, 0.1) is 23.7 Å². The average molecular weight is 404 g/mol. The Morgan fingerprint density at radius 2 is 1.97 bits per heavy atom. The first-order valence-corrected chi connectivity index (χ1v) is 10.2. The number of hydrogen-bond acceptors (Lipinski definition) is 3. The van der Waals surface area contributed by atoms with Gasteiger partial charge in [0.15, 0.2) is 0 Å². The van der Waals surface area contributed by atoms with Crippen LogP contribution in [0.3, 0.4) is 0 Å². The highest BCUT2D eigenvalue weighted by Crippen LogP contribution is 2.22. The number of carbonyl (C=O) groups excluding carboxylic acids is 1. The van der Waals surface area contributed by atoms with Crippen molar-refractivity contribution in [3.63, 3.8) is 0 Å². The highest BCUT2D eigenvalue weighted by atomic mass is 16.5. The van der Waals surface area contributed by atoms with E-state index >= 15 is 0 Å². The van der Waals surface area contributed by atoms with Crippen LogP contribution in [0.5, 0.6) is 5.75 Å². The van der Waals surface area contributed by atoms with Crippen molar-refractivity contribution < 1.29 is 9.53 Å². The Bertz CT molecular complexity index is 1050. The van der Waals surface area contributed by atoms with Gasteiger partial charge in [-0.25, -0.2) is 4.98 Å². The normalized spacial score (nSPS) is 11.8. The molecule has 156 valence electrons. The van der Waals surface area contributed by atoms with Gasteiger partial charge in [0.1, 0.15) is 11.6 Å². The number of allylic oxidation sites excluding steroid dienone is 1. The van der Waals surface area contributed by atoms with Crippen molar-refractivity contribution >= 4 is 16.9 Å². The highest BCUT2D eigenvalue weighted by Gasteiger charge is 2.18. The van der Waals surface area contributed by atoms with E-state index in [0.717, 1.165) is 47.6 Å². The highest BCUT2D eigenvalue weighted by molar-refractivity contribution is 5.92. The summed E-state index contributed by atoms with van der Waals surface area (Å²) in [6.45, 7) is 12.5. The number of fused-ring (bicyclic) bond motifs is 1. The van der Waals surface area contributed by atoms with Crippen LogP contribution in [0.2, 0.25) is 0 Å². The maximum absolute atomic E-state index is 12.1. The topological polar surface area (TPSA) is 56.1 Å². The Hall–Kier alpha value is -3.34. The van der Waals surface area contributed by atoms with Gasteiger partial charge in [-0.15, -0.1) is 6.58 Å². The van der Waals surface area contributed by atoms with Crippen LogP contribution in [0.4, 0.5) is 0 Å². The molecule has 1 unspecified atom stereocenters. The van der Waals surface area contributed by atoms with Crippen LogP contribution in [0.1, 0.15) is 37.7 Å². The maximum atomic E-state index is 12.1. The minimum Gasteiger partial charge on any atom is -0.493 e. The molecule has 1 heterocycles. The lowest BCUT2D eigenvalue weighted by atomic mass is 10.1. The quantitative estimate of drug-likeness (QED) is 0.295. The first kappa shape index (κ1) is 21.4. The molecule has 0 fully saturated rings. The van der Waals surface area contributed by atoms with Crippen LogP contribution in [0, 0.1) is 0 Å². The summed E-state index contributed by atoms with van der Waals surface area (Å²) < 4.78 is 8.20. The zero-order valence-corrected chi connectivity index (χ0v) is 17.7.